The van der Waals surface area contributed by atoms with Crippen LogP contribution in [-0.4, -0.2) is 35.8 Å². The zero-order valence-electron chi connectivity index (χ0n) is 10.6. The number of aliphatic hydroxyl groups is 1. The summed E-state index contributed by atoms with van der Waals surface area (Å²) in [4.78, 5) is 0. The summed E-state index contributed by atoms with van der Waals surface area (Å²) < 4.78 is 11.6. The molecular weight excluding hydrogens is 206 g/mol. The molecule has 0 spiro atoms. The standard InChI is InChI=1S/C12H25NO3/c1-4-5-6-7-10-11(9(13)8-14)16-12(2,3)15-10/h9-11,14H,4-8,13H2,1-3H3/t9-,10+,11-/m0/s1. The van der Waals surface area contributed by atoms with Crippen molar-refractivity contribution in [1.29, 1.82) is 0 Å². The van der Waals surface area contributed by atoms with Crippen LogP contribution < -0.4 is 5.73 Å². The van der Waals surface area contributed by atoms with Gasteiger partial charge in [0.25, 0.3) is 0 Å². The third-order valence-electron chi connectivity index (χ3n) is 2.95. The molecule has 0 aliphatic carbocycles. The third-order valence-corrected chi connectivity index (χ3v) is 2.95. The second-order valence-corrected chi connectivity index (χ2v) is 4.98. The Morgan fingerprint density at radius 1 is 1.31 bits per heavy atom. The SMILES string of the molecule is CCCCC[C@H]1OC(C)(C)O[C@H]1[C@@H](N)CO. The molecule has 1 aliphatic heterocycles. The van der Waals surface area contributed by atoms with E-state index in [1.165, 1.54) is 12.8 Å². The molecule has 3 atom stereocenters. The van der Waals surface area contributed by atoms with Gasteiger partial charge in [0.2, 0.25) is 0 Å². The van der Waals surface area contributed by atoms with Crippen LogP contribution in [0.4, 0.5) is 0 Å². The minimum Gasteiger partial charge on any atom is -0.395 e. The fourth-order valence-corrected chi connectivity index (χ4v) is 2.15. The second kappa shape index (κ2) is 5.96. The summed E-state index contributed by atoms with van der Waals surface area (Å²) in [6.07, 6.45) is 4.29. The lowest BCUT2D eigenvalue weighted by molar-refractivity contribution is -0.149. The zero-order chi connectivity index (χ0) is 12.2. The highest BCUT2D eigenvalue weighted by molar-refractivity contribution is 4.88. The van der Waals surface area contributed by atoms with Gasteiger partial charge in [0.15, 0.2) is 5.79 Å². The normalized spacial score (nSPS) is 30.6. The van der Waals surface area contributed by atoms with E-state index in [-0.39, 0.29) is 24.9 Å². The smallest absolute Gasteiger partial charge is 0.163 e. The van der Waals surface area contributed by atoms with E-state index in [1.54, 1.807) is 0 Å². The van der Waals surface area contributed by atoms with Crippen molar-refractivity contribution in [2.75, 3.05) is 6.61 Å². The lowest BCUT2D eigenvalue weighted by Crippen LogP contribution is -2.44. The fraction of sp³-hybridized carbons (Fsp3) is 1.00. The Kier molecular flexibility index (Phi) is 5.18. The first-order valence-electron chi connectivity index (χ1n) is 6.22. The summed E-state index contributed by atoms with van der Waals surface area (Å²) in [5, 5.41) is 9.09. The molecule has 0 amide bonds. The summed E-state index contributed by atoms with van der Waals surface area (Å²) in [7, 11) is 0. The molecule has 1 saturated heterocycles. The summed E-state index contributed by atoms with van der Waals surface area (Å²) in [6, 6.07) is -0.353. The van der Waals surface area contributed by atoms with Crippen LogP contribution >= 0.6 is 0 Å². The predicted octanol–water partition coefficient (Wildman–Crippen LogP) is 1.41. The Hall–Kier alpha value is -0.160. The van der Waals surface area contributed by atoms with Crippen molar-refractivity contribution in [1.82, 2.24) is 0 Å². The average Bonchev–Trinajstić information content (AvgIpc) is 2.53. The van der Waals surface area contributed by atoms with Gasteiger partial charge >= 0.3 is 0 Å². The van der Waals surface area contributed by atoms with Gasteiger partial charge in [-0.3, -0.25) is 0 Å². The van der Waals surface area contributed by atoms with Gasteiger partial charge in [-0.2, -0.15) is 0 Å². The average molecular weight is 231 g/mol. The molecule has 0 aromatic carbocycles. The molecule has 0 bridgehead atoms. The Bertz CT molecular complexity index is 208. The van der Waals surface area contributed by atoms with Crippen molar-refractivity contribution in [2.24, 2.45) is 5.73 Å². The van der Waals surface area contributed by atoms with E-state index in [9.17, 15) is 0 Å². The maximum atomic E-state index is 9.09. The van der Waals surface area contributed by atoms with Crippen LogP contribution in [0, 0.1) is 0 Å². The van der Waals surface area contributed by atoms with Crippen LogP contribution in [0.2, 0.25) is 0 Å². The number of aliphatic hydroxyl groups excluding tert-OH is 1. The lowest BCUT2D eigenvalue weighted by atomic mass is 10.0. The first-order valence-corrected chi connectivity index (χ1v) is 6.22. The molecule has 4 nitrogen and oxygen atoms in total. The molecular formula is C12H25NO3. The van der Waals surface area contributed by atoms with Gasteiger partial charge in [0.05, 0.1) is 18.8 Å². The van der Waals surface area contributed by atoms with E-state index < -0.39 is 5.79 Å². The van der Waals surface area contributed by atoms with Crippen LogP contribution in [0.15, 0.2) is 0 Å². The van der Waals surface area contributed by atoms with Gasteiger partial charge < -0.3 is 20.3 Å². The van der Waals surface area contributed by atoms with Gasteiger partial charge in [-0.05, 0) is 20.3 Å². The number of unbranched alkanes of at least 4 members (excludes halogenated alkanes) is 2. The molecule has 4 heteroatoms. The molecule has 0 aromatic rings. The Balaban J connectivity index is 2.50. The van der Waals surface area contributed by atoms with E-state index in [0.717, 1.165) is 12.8 Å². The Morgan fingerprint density at radius 3 is 2.56 bits per heavy atom. The van der Waals surface area contributed by atoms with Crippen molar-refractivity contribution in [3.63, 3.8) is 0 Å². The number of rotatable bonds is 6. The van der Waals surface area contributed by atoms with Crippen LogP contribution in [0.3, 0.4) is 0 Å². The number of hydrogen-bond donors (Lipinski definition) is 2. The minimum atomic E-state index is -0.575. The zero-order valence-corrected chi connectivity index (χ0v) is 10.6. The summed E-state index contributed by atoms with van der Waals surface area (Å²) >= 11 is 0. The van der Waals surface area contributed by atoms with E-state index in [2.05, 4.69) is 6.92 Å². The van der Waals surface area contributed by atoms with Gasteiger partial charge in [0.1, 0.15) is 6.10 Å². The second-order valence-electron chi connectivity index (χ2n) is 4.98. The highest BCUT2D eigenvalue weighted by Crippen LogP contribution is 2.32. The first kappa shape index (κ1) is 13.9. The van der Waals surface area contributed by atoms with E-state index in [1.807, 2.05) is 13.8 Å². The molecule has 0 radical (unpaired) electrons. The maximum Gasteiger partial charge on any atom is 0.163 e. The maximum absolute atomic E-state index is 9.09. The van der Waals surface area contributed by atoms with Crippen LogP contribution in [0.1, 0.15) is 46.5 Å². The molecule has 16 heavy (non-hydrogen) atoms. The quantitative estimate of drug-likeness (QED) is 0.678. The molecule has 0 saturated carbocycles. The molecule has 1 rings (SSSR count). The molecule has 1 heterocycles. The summed E-state index contributed by atoms with van der Waals surface area (Å²) in [5.74, 6) is -0.575. The highest BCUT2D eigenvalue weighted by atomic mass is 16.8. The van der Waals surface area contributed by atoms with Crippen molar-refractivity contribution in [2.45, 2.75) is 70.5 Å². The minimum absolute atomic E-state index is 0.0173. The largest absolute Gasteiger partial charge is 0.395 e. The molecule has 0 unspecified atom stereocenters. The van der Waals surface area contributed by atoms with Gasteiger partial charge in [0, 0.05) is 0 Å². The van der Waals surface area contributed by atoms with Gasteiger partial charge in [-0.25, -0.2) is 0 Å². The van der Waals surface area contributed by atoms with Crippen molar-refractivity contribution in [3.05, 3.63) is 0 Å². The lowest BCUT2D eigenvalue weighted by Gasteiger charge is -2.21. The summed E-state index contributed by atoms with van der Waals surface area (Å²) in [6.45, 7) is 5.90. The number of ether oxygens (including phenoxy) is 2. The summed E-state index contributed by atoms with van der Waals surface area (Å²) in [5.41, 5.74) is 5.84. The third kappa shape index (κ3) is 3.70. The molecule has 1 aliphatic rings. The highest BCUT2D eigenvalue weighted by Gasteiger charge is 2.43. The van der Waals surface area contributed by atoms with Crippen molar-refractivity contribution in [3.8, 4) is 0 Å². The predicted molar refractivity (Wildman–Crippen MR) is 63.0 cm³/mol. The number of hydrogen-bond acceptors (Lipinski definition) is 4. The van der Waals surface area contributed by atoms with Gasteiger partial charge in [-0.15, -0.1) is 0 Å². The topological polar surface area (TPSA) is 64.7 Å². The fourth-order valence-electron chi connectivity index (χ4n) is 2.15. The Labute approximate surface area is 98.1 Å². The van der Waals surface area contributed by atoms with Gasteiger partial charge in [-0.1, -0.05) is 26.2 Å². The Morgan fingerprint density at radius 2 is 2.00 bits per heavy atom. The molecule has 96 valence electrons. The first-order chi connectivity index (χ1) is 7.50. The number of nitrogens with two attached hydrogens (primary N) is 1. The van der Waals surface area contributed by atoms with Crippen LogP contribution in [0.5, 0.6) is 0 Å². The monoisotopic (exact) mass is 231 g/mol. The van der Waals surface area contributed by atoms with E-state index in [0.29, 0.717) is 0 Å². The van der Waals surface area contributed by atoms with Crippen LogP contribution in [0.25, 0.3) is 0 Å². The van der Waals surface area contributed by atoms with E-state index in [4.69, 9.17) is 20.3 Å². The van der Waals surface area contributed by atoms with Crippen molar-refractivity contribution < 1.29 is 14.6 Å². The van der Waals surface area contributed by atoms with Crippen LogP contribution in [-0.2, 0) is 9.47 Å². The van der Waals surface area contributed by atoms with E-state index >= 15 is 0 Å². The molecule has 0 aromatic heterocycles. The molecule has 3 N–H and O–H groups in total. The molecule has 1 fully saturated rings. The van der Waals surface area contributed by atoms with Crippen molar-refractivity contribution >= 4 is 0 Å².